The number of pyridine rings is 1. The topological polar surface area (TPSA) is 51.0 Å². The van der Waals surface area contributed by atoms with Crippen LogP contribution in [0.2, 0.25) is 0 Å². The average Bonchev–Trinajstić information content (AvgIpc) is 3.25. The van der Waals surface area contributed by atoms with Gasteiger partial charge in [0.05, 0.1) is 6.04 Å². The van der Waals surface area contributed by atoms with E-state index in [0.717, 1.165) is 4.88 Å². The first-order valence-corrected chi connectivity index (χ1v) is 7.82. The highest BCUT2D eigenvalue weighted by molar-refractivity contribution is 7.10. The third-order valence-corrected chi connectivity index (χ3v) is 4.59. The van der Waals surface area contributed by atoms with Gasteiger partial charge in [-0.2, -0.15) is 5.10 Å². The van der Waals surface area contributed by atoms with Crippen LogP contribution in [0.3, 0.4) is 0 Å². The summed E-state index contributed by atoms with van der Waals surface area (Å²) in [6.07, 6.45) is 3.48. The monoisotopic (exact) mass is 312 g/mol. The Morgan fingerprint density at radius 3 is 2.82 bits per heavy atom. The fourth-order valence-corrected chi connectivity index (χ4v) is 2.98. The van der Waals surface area contributed by atoms with Gasteiger partial charge in [-0.05, 0) is 36.6 Å². The van der Waals surface area contributed by atoms with Crippen LogP contribution in [0.25, 0.3) is 5.82 Å². The summed E-state index contributed by atoms with van der Waals surface area (Å²) in [4.78, 5) is 19.9. The third kappa shape index (κ3) is 2.78. The Labute approximate surface area is 132 Å². The fourth-order valence-electron chi connectivity index (χ4n) is 2.15. The van der Waals surface area contributed by atoms with E-state index in [1.807, 2.05) is 42.6 Å². The van der Waals surface area contributed by atoms with Crippen molar-refractivity contribution in [3.8, 4) is 5.82 Å². The van der Waals surface area contributed by atoms with Crippen molar-refractivity contribution in [1.29, 1.82) is 0 Å². The van der Waals surface area contributed by atoms with Crippen molar-refractivity contribution in [3.63, 3.8) is 0 Å². The van der Waals surface area contributed by atoms with Crippen molar-refractivity contribution in [1.82, 2.24) is 19.7 Å². The molecule has 112 valence electrons. The van der Waals surface area contributed by atoms with Crippen LogP contribution in [0.1, 0.15) is 28.3 Å². The normalized spacial score (nSPS) is 12.1. The van der Waals surface area contributed by atoms with E-state index in [0.29, 0.717) is 11.5 Å². The largest absolute Gasteiger partial charge is 0.333 e. The second-order valence-electron chi connectivity index (χ2n) is 4.94. The van der Waals surface area contributed by atoms with Crippen LogP contribution in [-0.2, 0) is 0 Å². The number of aromatic nitrogens is 3. The number of rotatable bonds is 4. The Bertz CT molecular complexity index is 752. The summed E-state index contributed by atoms with van der Waals surface area (Å²) < 4.78 is 1.64. The summed E-state index contributed by atoms with van der Waals surface area (Å²) in [5.74, 6) is 0.530. The maximum Gasteiger partial charge on any atom is 0.272 e. The van der Waals surface area contributed by atoms with Gasteiger partial charge in [-0.1, -0.05) is 12.1 Å². The van der Waals surface area contributed by atoms with E-state index in [2.05, 4.69) is 10.1 Å². The highest BCUT2D eigenvalue weighted by Crippen LogP contribution is 2.24. The predicted molar refractivity (Wildman–Crippen MR) is 86.2 cm³/mol. The first-order valence-electron chi connectivity index (χ1n) is 6.94. The zero-order chi connectivity index (χ0) is 15.5. The van der Waals surface area contributed by atoms with E-state index >= 15 is 0 Å². The summed E-state index contributed by atoms with van der Waals surface area (Å²) >= 11 is 1.64. The Morgan fingerprint density at radius 2 is 2.14 bits per heavy atom. The molecule has 0 saturated carbocycles. The van der Waals surface area contributed by atoms with E-state index in [9.17, 15) is 4.79 Å². The first-order chi connectivity index (χ1) is 10.7. The van der Waals surface area contributed by atoms with Crippen LogP contribution in [0, 0.1) is 0 Å². The van der Waals surface area contributed by atoms with Crippen LogP contribution >= 0.6 is 11.3 Å². The molecule has 3 aromatic rings. The summed E-state index contributed by atoms with van der Waals surface area (Å²) in [6, 6.07) is 11.2. The summed E-state index contributed by atoms with van der Waals surface area (Å²) in [5.41, 5.74) is 0.416. The zero-order valence-electron chi connectivity index (χ0n) is 12.4. The summed E-state index contributed by atoms with van der Waals surface area (Å²) in [7, 11) is 1.80. The lowest BCUT2D eigenvalue weighted by Gasteiger charge is -2.23. The van der Waals surface area contributed by atoms with Crippen molar-refractivity contribution in [2.75, 3.05) is 7.05 Å². The lowest BCUT2D eigenvalue weighted by atomic mass is 10.2. The minimum Gasteiger partial charge on any atom is -0.333 e. The maximum atomic E-state index is 12.6. The number of hydrogen-bond donors (Lipinski definition) is 0. The molecule has 0 N–H and O–H groups in total. The number of hydrogen-bond acceptors (Lipinski definition) is 4. The third-order valence-electron chi connectivity index (χ3n) is 3.55. The Hall–Kier alpha value is -2.47. The Kier molecular flexibility index (Phi) is 4.02. The van der Waals surface area contributed by atoms with Gasteiger partial charge < -0.3 is 4.90 Å². The maximum absolute atomic E-state index is 12.6. The van der Waals surface area contributed by atoms with Crippen molar-refractivity contribution in [2.24, 2.45) is 0 Å². The molecule has 0 radical (unpaired) electrons. The fraction of sp³-hybridized carbons (Fsp3) is 0.188. The molecule has 0 spiro atoms. The molecule has 0 bridgehead atoms. The van der Waals surface area contributed by atoms with Crippen molar-refractivity contribution >= 4 is 17.2 Å². The second kappa shape index (κ2) is 6.11. The number of nitrogens with zero attached hydrogens (tertiary/aromatic N) is 4. The van der Waals surface area contributed by atoms with E-state index in [-0.39, 0.29) is 11.9 Å². The highest BCUT2D eigenvalue weighted by atomic mass is 32.1. The van der Waals surface area contributed by atoms with Gasteiger partial charge in [0.15, 0.2) is 5.82 Å². The van der Waals surface area contributed by atoms with Crippen LogP contribution in [0.5, 0.6) is 0 Å². The van der Waals surface area contributed by atoms with Crippen molar-refractivity contribution < 1.29 is 4.79 Å². The predicted octanol–water partition coefficient (Wildman–Crippen LogP) is 3.16. The lowest BCUT2D eigenvalue weighted by molar-refractivity contribution is 0.0739. The van der Waals surface area contributed by atoms with E-state index < -0.39 is 0 Å². The molecule has 1 amide bonds. The number of thiophene rings is 1. The highest BCUT2D eigenvalue weighted by Gasteiger charge is 2.20. The van der Waals surface area contributed by atoms with Crippen molar-refractivity contribution in [3.05, 3.63) is 64.7 Å². The summed E-state index contributed by atoms with van der Waals surface area (Å²) in [5, 5.41) is 6.15. The van der Waals surface area contributed by atoms with Gasteiger partial charge in [0, 0.05) is 24.3 Å². The van der Waals surface area contributed by atoms with Crippen LogP contribution in [0.4, 0.5) is 0 Å². The molecule has 3 aromatic heterocycles. The summed E-state index contributed by atoms with van der Waals surface area (Å²) in [6.45, 7) is 2.01. The molecule has 5 nitrogen and oxygen atoms in total. The molecule has 22 heavy (non-hydrogen) atoms. The van der Waals surface area contributed by atoms with Crippen LogP contribution in [0.15, 0.2) is 54.2 Å². The molecule has 0 unspecified atom stereocenters. The zero-order valence-corrected chi connectivity index (χ0v) is 13.2. The van der Waals surface area contributed by atoms with E-state index in [1.165, 1.54) is 0 Å². The molecule has 0 fully saturated rings. The number of carbonyl (C=O) groups is 1. The number of carbonyl (C=O) groups excluding carboxylic acids is 1. The second-order valence-corrected chi connectivity index (χ2v) is 5.92. The first kappa shape index (κ1) is 14.5. The Balaban J connectivity index is 1.84. The van der Waals surface area contributed by atoms with Gasteiger partial charge in [0.1, 0.15) is 5.69 Å². The molecule has 3 rings (SSSR count). The van der Waals surface area contributed by atoms with Gasteiger partial charge in [-0.3, -0.25) is 4.79 Å². The molecule has 3 heterocycles. The van der Waals surface area contributed by atoms with Gasteiger partial charge in [-0.15, -0.1) is 11.3 Å². The van der Waals surface area contributed by atoms with Crippen LogP contribution in [-0.4, -0.2) is 32.6 Å². The van der Waals surface area contributed by atoms with Gasteiger partial charge in [-0.25, -0.2) is 9.67 Å². The quantitative estimate of drug-likeness (QED) is 0.743. The molecule has 0 saturated heterocycles. The van der Waals surface area contributed by atoms with Gasteiger partial charge in [0.2, 0.25) is 0 Å². The Morgan fingerprint density at radius 1 is 1.27 bits per heavy atom. The van der Waals surface area contributed by atoms with E-state index in [4.69, 9.17) is 0 Å². The minimum absolute atomic E-state index is 0.0164. The molecule has 1 atom stereocenters. The molecule has 0 aliphatic rings. The molecule has 6 heteroatoms. The lowest BCUT2D eigenvalue weighted by Crippen LogP contribution is -2.30. The molecular formula is C16H16N4OS. The standard InChI is InChI=1S/C16H16N4OS/c1-12(14-7-4-11-22-14)19(2)16(21)13-6-3-8-15(18-13)20-10-5-9-17-20/h3-12H,1-2H3/t12-/m0/s1. The van der Waals surface area contributed by atoms with E-state index in [1.54, 1.807) is 46.4 Å². The SMILES string of the molecule is C[C@@H](c1cccs1)N(C)C(=O)c1cccc(-n2cccn2)n1. The van der Waals surface area contributed by atoms with Crippen molar-refractivity contribution in [2.45, 2.75) is 13.0 Å². The number of amides is 1. The average molecular weight is 312 g/mol. The molecule has 0 aromatic carbocycles. The van der Waals surface area contributed by atoms with Gasteiger partial charge in [0.25, 0.3) is 5.91 Å². The molecular weight excluding hydrogens is 296 g/mol. The smallest absolute Gasteiger partial charge is 0.272 e. The van der Waals surface area contributed by atoms with Gasteiger partial charge >= 0.3 is 0 Å². The minimum atomic E-state index is -0.102. The van der Waals surface area contributed by atoms with Crippen LogP contribution < -0.4 is 0 Å². The molecule has 0 aliphatic heterocycles. The molecule has 0 aliphatic carbocycles.